The number of pyridine rings is 1. The standard InChI is InChI=1S/C8H11NO3.2C7H5NO4/c1-5-8(12)7(4-11)6(3-10)2-9-5;2*9-7(10)5-1-3-6(4-2-5)8(11)12/h2,10-12H,3-4H2,1H3;2*1-4H,(H,9,10). The average molecular weight is 503 g/mol. The Morgan fingerprint density at radius 2 is 1.31 bits per heavy atom. The molecule has 1 heterocycles. The molecular formula is C22H21N3O11. The van der Waals surface area contributed by atoms with Crippen molar-refractivity contribution in [2.24, 2.45) is 0 Å². The molecule has 0 saturated heterocycles. The maximum absolute atomic E-state index is 10.3. The highest BCUT2D eigenvalue weighted by Crippen LogP contribution is 2.21. The number of carboxylic acid groups (broad SMARTS) is 2. The van der Waals surface area contributed by atoms with Gasteiger partial charge in [0.05, 0.1) is 40.2 Å². The minimum Gasteiger partial charge on any atom is -0.545 e. The zero-order chi connectivity index (χ0) is 27.4. The number of nitro benzene ring substituents is 2. The number of rotatable bonds is 6. The molecule has 3 rings (SSSR count). The molecule has 1 aromatic heterocycles. The highest BCUT2D eigenvalue weighted by molar-refractivity contribution is 5.87. The predicted molar refractivity (Wildman–Crippen MR) is 119 cm³/mol. The number of carbonyl (C=O) groups excluding carboxylic acids is 1. The van der Waals surface area contributed by atoms with Crippen molar-refractivity contribution in [3.05, 3.63) is 103 Å². The Labute approximate surface area is 202 Å². The number of aliphatic hydroxyl groups is 2. The van der Waals surface area contributed by atoms with Gasteiger partial charge in [-0.15, -0.1) is 0 Å². The van der Waals surface area contributed by atoms with Gasteiger partial charge in [0.2, 0.25) is 5.69 Å². The van der Waals surface area contributed by atoms with Crippen LogP contribution in [-0.2, 0) is 13.2 Å². The molecule has 5 N–H and O–H groups in total. The zero-order valence-electron chi connectivity index (χ0n) is 18.7. The van der Waals surface area contributed by atoms with E-state index in [9.17, 15) is 40.0 Å². The third-order valence-electron chi connectivity index (χ3n) is 4.46. The largest absolute Gasteiger partial charge is 0.545 e. The average Bonchev–Trinajstić information content (AvgIpc) is 2.86. The fourth-order valence-electron chi connectivity index (χ4n) is 2.49. The molecule has 0 bridgehead atoms. The Bertz CT molecular complexity index is 1090. The van der Waals surface area contributed by atoms with Gasteiger partial charge in [-0.25, -0.2) is 9.78 Å². The summed E-state index contributed by atoms with van der Waals surface area (Å²) >= 11 is 0. The summed E-state index contributed by atoms with van der Waals surface area (Å²) in [5.74, 6) is -2.42. The van der Waals surface area contributed by atoms with Crippen molar-refractivity contribution >= 4 is 23.3 Å². The molecule has 0 amide bonds. The number of non-ortho nitro benzene ring substituents is 2. The fraction of sp³-hybridized carbons (Fsp3) is 0.136. The maximum Gasteiger partial charge on any atom is 0.335 e. The van der Waals surface area contributed by atoms with Gasteiger partial charge in [-0.1, -0.05) is 0 Å². The highest BCUT2D eigenvalue weighted by atomic mass is 16.6. The molecule has 0 aliphatic rings. The number of carbonyl (C=O) groups is 2. The second-order valence-electron chi connectivity index (χ2n) is 6.78. The minimum absolute atomic E-state index is 0.0176. The van der Waals surface area contributed by atoms with Gasteiger partial charge in [-0.2, -0.15) is 0 Å². The quantitative estimate of drug-likeness (QED) is 0.270. The van der Waals surface area contributed by atoms with Gasteiger partial charge >= 0.3 is 5.97 Å². The van der Waals surface area contributed by atoms with Gasteiger partial charge in [0.25, 0.3) is 11.4 Å². The first-order valence-corrected chi connectivity index (χ1v) is 9.80. The van der Waals surface area contributed by atoms with E-state index in [4.69, 9.17) is 15.3 Å². The molecule has 0 aliphatic carbocycles. The van der Waals surface area contributed by atoms with Crippen LogP contribution in [0.25, 0.3) is 0 Å². The number of aromatic amines is 1. The molecule has 36 heavy (non-hydrogen) atoms. The van der Waals surface area contributed by atoms with Crippen LogP contribution in [0.5, 0.6) is 5.75 Å². The van der Waals surface area contributed by atoms with Crippen LogP contribution < -0.4 is 10.1 Å². The Kier molecular flexibility index (Phi) is 11.1. The molecule has 190 valence electrons. The monoisotopic (exact) mass is 503 g/mol. The Balaban J connectivity index is 0.000000270. The Hall–Kier alpha value is -4.95. The van der Waals surface area contributed by atoms with E-state index in [0.29, 0.717) is 16.8 Å². The summed E-state index contributed by atoms with van der Waals surface area (Å²) in [6, 6.07) is 9.20. The van der Waals surface area contributed by atoms with Crippen molar-refractivity contribution in [1.29, 1.82) is 0 Å². The van der Waals surface area contributed by atoms with Crippen LogP contribution in [0, 0.1) is 27.2 Å². The van der Waals surface area contributed by atoms with Crippen LogP contribution in [0.3, 0.4) is 0 Å². The third kappa shape index (κ3) is 8.44. The number of aromatic nitrogens is 1. The van der Waals surface area contributed by atoms with E-state index in [-0.39, 0.29) is 41.5 Å². The van der Waals surface area contributed by atoms with Crippen molar-refractivity contribution < 1.29 is 50.0 Å². The lowest BCUT2D eigenvalue weighted by Gasteiger charge is -2.03. The fourth-order valence-corrected chi connectivity index (χ4v) is 2.49. The molecule has 0 saturated carbocycles. The second kappa shape index (κ2) is 13.7. The van der Waals surface area contributed by atoms with E-state index in [1.54, 1.807) is 13.1 Å². The van der Waals surface area contributed by atoms with Crippen molar-refractivity contribution in [2.45, 2.75) is 20.1 Å². The van der Waals surface area contributed by atoms with Gasteiger partial charge in [0.1, 0.15) is 0 Å². The third-order valence-corrected chi connectivity index (χ3v) is 4.46. The van der Waals surface area contributed by atoms with E-state index < -0.39 is 21.8 Å². The molecule has 2 aromatic carbocycles. The lowest BCUT2D eigenvalue weighted by atomic mass is 10.1. The molecule has 3 aromatic rings. The minimum atomic E-state index is -1.34. The van der Waals surface area contributed by atoms with Crippen LogP contribution >= 0.6 is 0 Å². The van der Waals surface area contributed by atoms with Gasteiger partial charge in [0, 0.05) is 36.8 Å². The zero-order valence-corrected chi connectivity index (χ0v) is 18.7. The Morgan fingerprint density at radius 1 is 0.861 bits per heavy atom. The summed E-state index contributed by atoms with van der Waals surface area (Å²) in [5.41, 5.74) is 1.20. The number of aromatic carboxylic acids is 2. The van der Waals surface area contributed by atoms with Gasteiger partial charge in [0.15, 0.2) is 11.9 Å². The number of nitrogens with zero attached hydrogens (tertiary/aromatic N) is 2. The van der Waals surface area contributed by atoms with E-state index in [2.05, 4.69) is 4.98 Å². The van der Waals surface area contributed by atoms with Crippen molar-refractivity contribution in [1.82, 2.24) is 0 Å². The van der Waals surface area contributed by atoms with Crippen LogP contribution in [0.2, 0.25) is 0 Å². The number of nitrogens with one attached hydrogen (secondary N) is 1. The highest BCUT2D eigenvalue weighted by Gasteiger charge is 2.14. The number of benzene rings is 2. The molecule has 14 heteroatoms. The van der Waals surface area contributed by atoms with Crippen LogP contribution in [0.4, 0.5) is 11.4 Å². The normalized spacial score (nSPS) is 9.64. The van der Waals surface area contributed by atoms with Crippen molar-refractivity contribution in [3.63, 3.8) is 0 Å². The summed E-state index contributed by atoms with van der Waals surface area (Å²) in [5, 5.41) is 66.0. The van der Waals surface area contributed by atoms with Crippen molar-refractivity contribution in [2.75, 3.05) is 0 Å². The molecule has 0 radical (unpaired) electrons. The molecule has 0 fully saturated rings. The molecule has 0 spiro atoms. The predicted octanol–water partition coefficient (Wildman–Crippen LogP) is 0.751. The topological polar surface area (TPSA) is 239 Å². The van der Waals surface area contributed by atoms with Crippen LogP contribution in [0.1, 0.15) is 37.5 Å². The van der Waals surface area contributed by atoms with E-state index in [1.807, 2.05) is 0 Å². The number of nitro groups is 2. The summed E-state index contributed by atoms with van der Waals surface area (Å²) in [4.78, 5) is 42.4. The number of H-pyrrole nitrogens is 1. The number of hydrogen-bond acceptors (Lipinski definition) is 10. The maximum atomic E-state index is 10.3. The molecular weight excluding hydrogens is 482 g/mol. The van der Waals surface area contributed by atoms with Gasteiger partial charge in [-0.3, -0.25) is 20.2 Å². The van der Waals surface area contributed by atoms with E-state index in [1.165, 1.54) is 12.1 Å². The van der Waals surface area contributed by atoms with E-state index in [0.717, 1.165) is 36.4 Å². The summed E-state index contributed by atoms with van der Waals surface area (Å²) in [6.07, 6.45) is 1.57. The van der Waals surface area contributed by atoms with Gasteiger partial charge < -0.3 is 30.3 Å². The summed E-state index contributed by atoms with van der Waals surface area (Å²) < 4.78 is 0. The lowest BCUT2D eigenvalue weighted by molar-refractivity contribution is -0.389. The number of hydrogen-bond donors (Lipinski definition) is 4. The molecule has 14 nitrogen and oxygen atoms in total. The lowest BCUT2D eigenvalue weighted by Crippen LogP contribution is -2.21. The number of aromatic hydroxyl groups is 1. The summed E-state index contributed by atoms with van der Waals surface area (Å²) in [7, 11) is 0. The van der Waals surface area contributed by atoms with Crippen molar-refractivity contribution in [3.8, 4) is 5.75 Å². The number of carboxylic acids is 2. The first kappa shape index (κ1) is 29.1. The molecule has 0 unspecified atom stereocenters. The van der Waals surface area contributed by atoms with Gasteiger partial charge in [-0.05, 0) is 29.8 Å². The van der Waals surface area contributed by atoms with Crippen LogP contribution in [-0.4, -0.2) is 42.2 Å². The van der Waals surface area contributed by atoms with E-state index >= 15 is 0 Å². The number of aliphatic hydroxyl groups excluding tert-OH is 2. The van der Waals surface area contributed by atoms with Crippen LogP contribution in [0.15, 0.2) is 54.7 Å². The summed E-state index contributed by atoms with van der Waals surface area (Å²) in [6.45, 7) is 1.23. The molecule has 0 aliphatic heterocycles. The smallest absolute Gasteiger partial charge is 0.335 e. The number of aryl methyl sites for hydroxylation is 1. The molecule has 0 atom stereocenters. The first-order valence-electron chi connectivity index (χ1n) is 9.80. The first-order chi connectivity index (χ1) is 16.9. The second-order valence-corrected chi connectivity index (χ2v) is 6.78. The SMILES string of the molecule is Cc1[nH+]cc(CO)c(CO)c1O.O=C(O)c1ccc([N+](=O)[O-])cc1.O=C([O-])c1ccc([N+](=O)[O-])cc1. The Morgan fingerprint density at radius 3 is 1.64 bits per heavy atom.